The van der Waals surface area contributed by atoms with E-state index in [2.05, 4.69) is 42.3 Å². The maximum Gasteiger partial charge on any atom is 0.267 e. The molecule has 5 nitrogen and oxygen atoms in total. The van der Waals surface area contributed by atoms with Crippen molar-refractivity contribution in [3.8, 4) is 11.3 Å². The zero-order valence-electron chi connectivity index (χ0n) is 13.2. The lowest BCUT2D eigenvalue weighted by molar-refractivity contribution is -0.117. The lowest BCUT2D eigenvalue weighted by Crippen LogP contribution is -2.29. The molecular weight excluding hydrogens is 469 g/mol. The number of rotatable bonds is 4. The minimum atomic E-state index is -0.573. The first-order chi connectivity index (χ1) is 12.4. The van der Waals surface area contributed by atoms with E-state index in [1.54, 1.807) is 12.1 Å². The molecule has 0 unspecified atom stereocenters. The summed E-state index contributed by atoms with van der Waals surface area (Å²) in [5.41, 5.74) is 0.963. The Bertz CT molecular complexity index is 1040. The van der Waals surface area contributed by atoms with Crippen molar-refractivity contribution < 1.29 is 9.18 Å². The van der Waals surface area contributed by atoms with E-state index in [0.29, 0.717) is 10.2 Å². The number of aromatic nitrogens is 2. The van der Waals surface area contributed by atoms with E-state index < -0.39 is 17.3 Å². The third kappa shape index (κ3) is 4.44. The smallest absolute Gasteiger partial charge is 0.267 e. The summed E-state index contributed by atoms with van der Waals surface area (Å²) < 4.78 is 16.3. The Kier molecular flexibility index (Phi) is 5.63. The van der Waals surface area contributed by atoms with Crippen LogP contribution in [0.3, 0.4) is 0 Å². The van der Waals surface area contributed by atoms with Gasteiger partial charge >= 0.3 is 0 Å². The van der Waals surface area contributed by atoms with E-state index in [-0.39, 0.29) is 12.2 Å². The van der Waals surface area contributed by atoms with Crippen LogP contribution in [0.25, 0.3) is 11.3 Å². The first kappa shape index (κ1) is 18.5. The average molecular weight is 481 g/mol. The number of hydrogen-bond donors (Lipinski definition) is 1. The second kappa shape index (κ2) is 7.92. The largest absolute Gasteiger partial charge is 0.322 e. The maximum atomic E-state index is 13.8. The molecule has 0 radical (unpaired) electrons. The monoisotopic (exact) mass is 479 g/mol. The van der Waals surface area contributed by atoms with Gasteiger partial charge in [-0.25, -0.2) is 9.07 Å². The summed E-state index contributed by atoms with van der Waals surface area (Å²) in [5, 5.41) is 6.66. The van der Waals surface area contributed by atoms with Crippen LogP contribution in [0.2, 0.25) is 0 Å². The molecule has 0 atom stereocenters. The first-order valence-electron chi connectivity index (χ1n) is 7.51. The van der Waals surface area contributed by atoms with Gasteiger partial charge in [-0.1, -0.05) is 44.0 Å². The van der Waals surface area contributed by atoms with Gasteiger partial charge in [0.15, 0.2) is 0 Å². The summed E-state index contributed by atoms with van der Waals surface area (Å²) in [6.45, 7) is -0.323. The summed E-state index contributed by atoms with van der Waals surface area (Å²) >= 11 is 6.53. The third-order valence-electron chi connectivity index (χ3n) is 3.49. The molecule has 3 rings (SSSR count). The fourth-order valence-electron chi connectivity index (χ4n) is 2.28. The van der Waals surface area contributed by atoms with Gasteiger partial charge in [0.05, 0.1) is 11.4 Å². The highest BCUT2D eigenvalue weighted by Gasteiger charge is 2.11. The van der Waals surface area contributed by atoms with E-state index in [4.69, 9.17) is 0 Å². The van der Waals surface area contributed by atoms with Gasteiger partial charge < -0.3 is 5.32 Å². The topological polar surface area (TPSA) is 64.0 Å². The van der Waals surface area contributed by atoms with Crippen molar-refractivity contribution in [3.05, 3.63) is 79.7 Å². The highest BCUT2D eigenvalue weighted by atomic mass is 79.9. The van der Waals surface area contributed by atoms with Crippen molar-refractivity contribution in [2.45, 2.75) is 6.54 Å². The molecule has 132 valence electrons. The number of halogens is 3. The van der Waals surface area contributed by atoms with Gasteiger partial charge in [0, 0.05) is 20.6 Å². The zero-order chi connectivity index (χ0) is 18.7. The molecule has 8 heteroatoms. The minimum Gasteiger partial charge on any atom is -0.322 e. The predicted octanol–water partition coefficient (Wildman–Crippen LogP) is 4.21. The zero-order valence-corrected chi connectivity index (χ0v) is 16.4. The molecule has 0 aliphatic heterocycles. The summed E-state index contributed by atoms with van der Waals surface area (Å²) in [6.07, 6.45) is 0. The Hall–Kier alpha value is -2.32. The van der Waals surface area contributed by atoms with E-state index >= 15 is 0 Å². The normalized spacial score (nSPS) is 10.6. The number of benzene rings is 2. The van der Waals surface area contributed by atoms with Crippen LogP contribution in [0.5, 0.6) is 0 Å². The molecule has 0 aliphatic rings. The molecule has 0 aliphatic carbocycles. The number of carbonyl (C=O) groups excluding carboxylic acids is 1. The molecule has 1 heterocycles. The summed E-state index contributed by atoms with van der Waals surface area (Å²) in [6, 6.07) is 14.6. The SMILES string of the molecule is O=C(Cn1nc(-c2cccc(Br)c2)ccc1=O)Nc1ccc(Br)cc1F. The van der Waals surface area contributed by atoms with Crippen molar-refractivity contribution in [2.75, 3.05) is 5.32 Å². The number of amides is 1. The van der Waals surface area contributed by atoms with Gasteiger partial charge in [-0.15, -0.1) is 0 Å². The predicted molar refractivity (Wildman–Crippen MR) is 104 cm³/mol. The lowest BCUT2D eigenvalue weighted by Gasteiger charge is -2.09. The van der Waals surface area contributed by atoms with Crippen LogP contribution in [0.4, 0.5) is 10.1 Å². The summed E-state index contributed by atoms with van der Waals surface area (Å²) in [7, 11) is 0. The highest BCUT2D eigenvalue weighted by molar-refractivity contribution is 9.10. The summed E-state index contributed by atoms with van der Waals surface area (Å²) in [4.78, 5) is 24.2. The number of carbonyl (C=O) groups is 1. The van der Waals surface area contributed by atoms with Crippen molar-refractivity contribution in [1.82, 2.24) is 9.78 Å². The maximum absolute atomic E-state index is 13.8. The minimum absolute atomic E-state index is 0.0365. The number of nitrogens with zero attached hydrogens (tertiary/aromatic N) is 2. The van der Waals surface area contributed by atoms with Gasteiger partial charge in [-0.05, 0) is 36.4 Å². The van der Waals surface area contributed by atoms with Crippen LogP contribution >= 0.6 is 31.9 Å². The van der Waals surface area contributed by atoms with Crippen LogP contribution in [0.15, 0.2) is 68.3 Å². The molecule has 2 aromatic carbocycles. The van der Waals surface area contributed by atoms with Crippen LogP contribution in [0.1, 0.15) is 0 Å². The second-order valence-electron chi connectivity index (χ2n) is 5.40. The fraction of sp³-hybridized carbons (Fsp3) is 0.0556. The molecule has 0 spiro atoms. The Morgan fingerprint density at radius 2 is 1.85 bits per heavy atom. The third-order valence-corrected chi connectivity index (χ3v) is 4.47. The van der Waals surface area contributed by atoms with Gasteiger partial charge in [0.1, 0.15) is 12.4 Å². The van der Waals surface area contributed by atoms with Crippen molar-refractivity contribution in [1.29, 1.82) is 0 Å². The molecule has 26 heavy (non-hydrogen) atoms. The van der Waals surface area contributed by atoms with E-state index in [0.717, 1.165) is 14.7 Å². The highest BCUT2D eigenvalue weighted by Crippen LogP contribution is 2.21. The van der Waals surface area contributed by atoms with E-state index in [9.17, 15) is 14.0 Å². The van der Waals surface area contributed by atoms with E-state index in [1.165, 1.54) is 18.2 Å². The van der Waals surface area contributed by atoms with Crippen molar-refractivity contribution >= 4 is 43.5 Å². The van der Waals surface area contributed by atoms with Crippen LogP contribution in [-0.2, 0) is 11.3 Å². The number of nitrogens with one attached hydrogen (secondary N) is 1. The van der Waals surface area contributed by atoms with Gasteiger partial charge in [0.2, 0.25) is 5.91 Å². The standard InChI is InChI=1S/C18H12Br2FN3O2/c19-12-3-1-2-11(8-12)15-6-7-18(26)24(23-15)10-17(25)22-16-5-4-13(20)9-14(16)21/h1-9H,10H2,(H,22,25). The molecule has 0 saturated carbocycles. The number of hydrogen-bond acceptors (Lipinski definition) is 3. The van der Waals surface area contributed by atoms with Crippen molar-refractivity contribution in [2.24, 2.45) is 0 Å². The molecule has 0 saturated heterocycles. The molecular formula is C18H12Br2FN3O2. The Morgan fingerprint density at radius 3 is 2.58 bits per heavy atom. The lowest BCUT2D eigenvalue weighted by atomic mass is 10.1. The molecule has 0 fully saturated rings. The average Bonchev–Trinajstić information content (AvgIpc) is 2.59. The molecule has 1 aromatic heterocycles. The Morgan fingerprint density at radius 1 is 1.08 bits per heavy atom. The van der Waals surface area contributed by atoms with Crippen LogP contribution in [-0.4, -0.2) is 15.7 Å². The van der Waals surface area contributed by atoms with Crippen LogP contribution < -0.4 is 10.9 Å². The number of anilines is 1. The second-order valence-corrected chi connectivity index (χ2v) is 7.23. The fourth-order valence-corrected chi connectivity index (χ4v) is 3.01. The van der Waals surface area contributed by atoms with Crippen LogP contribution in [0, 0.1) is 5.82 Å². The van der Waals surface area contributed by atoms with Gasteiger partial charge in [-0.3, -0.25) is 9.59 Å². The first-order valence-corrected chi connectivity index (χ1v) is 9.10. The quantitative estimate of drug-likeness (QED) is 0.608. The Labute approximate surface area is 165 Å². The van der Waals surface area contributed by atoms with Gasteiger partial charge in [0.25, 0.3) is 5.56 Å². The molecule has 1 amide bonds. The molecule has 0 bridgehead atoms. The van der Waals surface area contributed by atoms with Gasteiger partial charge in [-0.2, -0.15) is 5.10 Å². The molecule has 3 aromatic rings. The van der Waals surface area contributed by atoms with Crippen molar-refractivity contribution in [3.63, 3.8) is 0 Å². The van der Waals surface area contributed by atoms with E-state index in [1.807, 2.05) is 24.3 Å². The molecule has 1 N–H and O–H groups in total. The Balaban J connectivity index is 1.82. The summed E-state index contributed by atoms with van der Waals surface area (Å²) in [5.74, 6) is -1.12.